The van der Waals surface area contributed by atoms with E-state index in [1.54, 1.807) is 0 Å². The molecule has 3 heteroatoms. The van der Waals surface area contributed by atoms with E-state index in [1.807, 2.05) is 0 Å². The topological polar surface area (TPSA) is 3.24 Å². The second-order valence-electron chi connectivity index (χ2n) is 2.43. The third-order valence-electron chi connectivity index (χ3n) is 1.85. The van der Waals surface area contributed by atoms with Crippen molar-refractivity contribution in [1.29, 1.82) is 0 Å². The van der Waals surface area contributed by atoms with Crippen LogP contribution in [0.15, 0.2) is 0 Å². The summed E-state index contributed by atoms with van der Waals surface area (Å²) in [7, 11) is 2.22. The Labute approximate surface area is 87.7 Å². The Morgan fingerprint density at radius 2 is 2.33 bits per heavy atom. The molecule has 0 aromatic heterocycles. The Morgan fingerprint density at radius 1 is 1.67 bits per heavy atom. The highest BCUT2D eigenvalue weighted by molar-refractivity contribution is 14.1. The monoisotopic (exact) mass is 353 g/mol. The number of nitrogens with zero attached hydrogens (tertiary/aromatic N) is 1. The Morgan fingerprint density at radius 3 is 2.56 bits per heavy atom. The van der Waals surface area contributed by atoms with Crippen LogP contribution < -0.4 is 0 Å². The average molecular weight is 353 g/mol. The standard InChI is InChI=1S/C6H12IN.HI/c1-8-4-2-3-6(8)5-7;/h6H,2-5H2,1H3;1H/t6-;/m0./s1. The summed E-state index contributed by atoms with van der Waals surface area (Å²) in [4.78, 5) is 2.45. The van der Waals surface area contributed by atoms with Crippen LogP contribution in [0.1, 0.15) is 12.8 Å². The summed E-state index contributed by atoms with van der Waals surface area (Å²) in [6.45, 7) is 1.31. The lowest BCUT2D eigenvalue weighted by Crippen LogP contribution is -2.25. The molecular formula is C6H13I2N. The molecule has 0 aromatic carbocycles. The van der Waals surface area contributed by atoms with Gasteiger partial charge in [0.05, 0.1) is 0 Å². The fraction of sp³-hybridized carbons (Fsp3) is 1.00. The maximum absolute atomic E-state index is 2.46. The SMILES string of the molecule is CN1CCC[C@H]1CI.I. The zero-order valence-corrected chi connectivity index (χ0v) is 10.1. The van der Waals surface area contributed by atoms with Crippen LogP contribution >= 0.6 is 46.6 Å². The number of halogens is 2. The van der Waals surface area contributed by atoms with Crippen molar-refractivity contribution in [3.63, 3.8) is 0 Å². The molecule has 0 unspecified atom stereocenters. The van der Waals surface area contributed by atoms with Crippen LogP contribution in [0.3, 0.4) is 0 Å². The Hall–Kier alpha value is 1.42. The van der Waals surface area contributed by atoms with Crippen molar-refractivity contribution < 1.29 is 0 Å². The summed E-state index contributed by atoms with van der Waals surface area (Å²) in [6.07, 6.45) is 2.82. The first-order chi connectivity index (χ1) is 3.84. The van der Waals surface area contributed by atoms with Gasteiger partial charge in [-0.05, 0) is 26.4 Å². The van der Waals surface area contributed by atoms with Gasteiger partial charge in [0.1, 0.15) is 0 Å². The highest BCUT2D eigenvalue weighted by Crippen LogP contribution is 2.15. The number of alkyl halides is 1. The zero-order valence-electron chi connectivity index (χ0n) is 5.64. The lowest BCUT2D eigenvalue weighted by atomic mass is 10.2. The zero-order chi connectivity index (χ0) is 5.98. The van der Waals surface area contributed by atoms with Crippen LogP contribution in [0.2, 0.25) is 0 Å². The molecule has 1 aliphatic rings. The van der Waals surface area contributed by atoms with Gasteiger partial charge in [0, 0.05) is 10.5 Å². The molecule has 0 aliphatic carbocycles. The fourth-order valence-corrected chi connectivity index (χ4v) is 2.29. The predicted octanol–water partition coefficient (Wildman–Crippen LogP) is 2.13. The maximum atomic E-state index is 2.46. The van der Waals surface area contributed by atoms with Crippen LogP contribution in [0, 0.1) is 0 Å². The van der Waals surface area contributed by atoms with Crippen molar-refractivity contribution in [2.24, 2.45) is 0 Å². The third kappa shape index (κ3) is 2.88. The van der Waals surface area contributed by atoms with E-state index in [2.05, 4.69) is 34.5 Å². The van der Waals surface area contributed by atoms with Crippen LogP contribution in [-0.4, -0.2) is 29.0 Å². The molecule has 1 saturated heterocycles. The average Bonchev–Trinajstić information content (AvgIpc) is 2.14. The van der Waals surface area contributed by atoms with E-state index in [9.17, 15) is 0 Å². The van der Waals surface area contributed by atoms with Gasteiger partial charge < -0.3 is 4.90 Å². The van der Waals surface area contributed by atoms with E-state index < -0.39 is 0 Å². The fourth-order valence-electron chi connectivity index (χ4n) is 1.17. The summed E-state index contributed by atoms with van der Waals surface area (Å²) in [5, 5.41) is 0. The van der Waals surface area contributed by atoms with E-state index in [1.165, 1.54) is 23.8 Å². The van der Waals surface area contributed by atoms with Crippen molar-refractivity contribution in [3.8, 4) is 0 Å². The maximum Gasteiger partial charge on any atom is 0.0182 e. The molecule has 1 nitrogen and oxygen atoms in total. The van der Waals surface area contributed by atoms with Crippen molar-refractivity contribution in [2.45, 2.75) is 18.9 Å². The highest BCUT2D eigenvalue weighted by Gasteiger charge is 2.18. The molecular weight excluding hydrogens is 340 g/mol. The van der Waals surface area contributed by atoms with Gasteiger partial charge in [-0.15, -0.1) is 24.0 Å². The van der Waals surface area contributed by atoms with Gasteiger partial charge in [0.25, 0.3) is 0 Å². The molecule has 9 heavy (non-hydrogen) atoms. The minimum atomic E-state index is 0. The van der Waals surface area contributed by atoms with E-state index in [0.717, 1.165) is 6.04 Å². The summed E-state index contributed by atoms with van der Waals surface area (Å²) >= 11 is 2.46. The lowest BCUT2D eigenvalue weighted by Gasteiger charge is -2.15. The van der Waals surface area contributed by atoms with Crippen molar-refractivity contribution in [1.82, 2.24) is 4.90 Å². The molecule has 0 N–H and O–H groups in total. The molecule has 1 aliphatic heterocycles. The molecule has 0 spiro atoms. The molecule has 0 bridgehead atoms. The van der Waals surface area contributed by atoms with Gasteiger partial charge in [-0.1, -0.05) is 22.6 Å². The first-order valence-corrected chi connectivity index (χ1v) is 4.63. The number of rotatable bonds is 1. The second kappa shape index (κ2) is 5.12. The first kappa shape index (κ1) is 10.4. The van der Waals surface area contributed by atoms with E-state index in [-0.39, 0.29) is 24.0 Å². The normalized spacial score (nSPS) is 28.0. The van der Waals surface area contributed by atoms with Crippen molar-refractivity contribution in [2.75, 3.05) is 18.0 Å². The van der Waals surface area contributed by atoms with Gasteiger partial charge in [-0.25, -0.2) is 0 Å². The molecule has 1 atom stereocenters. The van der Waals surface area contributed by atoms with Gasteiger partial charge in [-0.3, -0.25) is 0 Å². The van der Waals surface area contributed by atoms with Gasteiger partial charge in [0.15, 0.2) is 0 Å². The highest BCUT2D eigenvalue weighted by atomic mass is 127. The Balaban J connectivity index is 0.000000640. The van der Waals surface area contributed by atoms with Crippen molar-refractivity contribution in [3.05, 3.63) is 0 Å². The van der Waals surface area contributed by atoms with E-state index in [0.29, 0.717) is 0 Å². The van der Waals surface area contributed by atoms with E-state index in [4.69, 9.17) is 0 Å². The Kier molecular flexibility index (Phi) is 5.93. The smallest absolute Gasteiger partial charge is 0.0182 e. The van der Waals surface area contributed by atoms with E-state index >= 15 is 0 Å². The molecule has 56 valence electrons. The molecule has 1 fully saturated rings. The minimum absolute atomic E-state index is 0. The molecule has 1 rings (SSSR count). The second-order valence-corrected chi connectivity index (χ2v) is 3.31. The molecule has 0 radical (unpaired) electrons. The quantitative estimate of drug-likeness (QED) is 0.516. The molecule has 0 amide bonds. The largest absolute Gasteiger partial charge is 0.303 e. The Bertz CT molecular complexity index is 77.5. The van der Waals surface area contributed by atoms with Crippen LogP contribution in [0.4, 0.5) is 0 Å². The predicted molar refractivity (Wildman–Crippen MR) is 60.0 cm³/mol. The lowest BCUT2D eigenvalue weighted by molar-refractivity contribution is 0.338. The van der Waals surface area contributed by atoms with Crippen LogP contribution in [-0.2, 0) is 0 Å². The summed E-state index contributed by atoms with van der Waals surface area (Å²) in [5.41, 5.74) is 0. The van der Waals surface area contributed by atoms with Gasteiger partial charge >= 0.3 is 0 Å². The van der Waals surface area contributed by atoms with Gasteiger partial charge in [0.2, 0.25) is 0 Å². The number of hydrogen-bond acceptors (Lipinski definition) is 1. The first-order valence-electron chi connectivity index (χ1n) is 3.11. The minimum Gasteiger partial charge on any atom is -0.303 e. The van der Waals surface area contributed by atoms with Crippen LogP contribution in [0.5, 0.6) is 0 Å². The van der Waals surface area contributed by atoms with Crippen LogP contribution in [0.25, 0.3) is 0 Å². The molecule has 0 aromatic rings. The van der Waals surface area contributed by atoms with Crippen molar-refractivity contribution >= 4 is 46.6 Å². The summed E-state index contributed by atoms with van der Waals surface area (Å²) < 4.78 is 1.30. The number of hydrogen-bond donors (Lipinski definition) is 0. The van der Waals surface area contributed by atoms with Gasteiger partial charge in [-0.2, -0.15) is 0 Å². The third-order valence-corrected chi connectivity index (χ3v) is 2.87. The number of likely N-dealkylation sites (tertiary alicyclic amines) is 1. The molecule has 1 heterocycles. The summed E-state index contributed by atoms with van der Waals surface area (Å²) in [5.74, 6) is 0. The summed E-state index contributed by atoms with van der Waals surface area (Å²) in [6, 6.07) is 0.885. The molecule has 0 saturated carbocycles.